The van der Waals surface area contributed by atoms with E-state index in [1.165, 1.54) is 18.2 Å². The number of halogens is 1. The molecule has 20 heavy (non-hydrogen) atoms. The van der Waals surface area contributed by atoms with Crippen LogP contribution in [0.25, 0.3) is 0 Å². The van der Waals surface area contributed by atoms with E-state index in [1.54, 1.807) is 26.4 Å². The van der Waals surface area contributed by atoms with Crippen LogP contribution in [0.1, 0.15) is 5.56 Å². The summed E-state index contributed by atoms with van der Waals surface area (Å²) in [6.07, 6.45) is 0. The Hall–Kier alpha value is -2.43. The molecule has 4 nitrogen and oxygen atoms in total. The highest BCUT2D eigenvalue weighted by molar-refractivity contribution is 5.55. The van der Waals surface area contributed by atoms with Crippen LogP contribution in [0.4, 0.5) is 10.1 Å². The van der Waals surface area contributed by atoms with Gasteiger partial charge in [0.2, 0.25) is 0 Å². The van der Waals surface area contributed by atoms with Gasteiger partial charge < -0.3 is 19.9 Å². The average Bonchev–Trinajstić information content (AvgIpc) is 2.47. The lowest BCUT2D eigenvalue weighted by Crippen LogP contribution is -2.01. The number of nitrogens with one attached hydrogen (secondary N) is 1. The van der Waals surface area contributed by atoms with Crippen molar-refractivity contribution in [2.24, 2.45) is 0 Å². The van der Waals surface area contributed by atoms with Crippen LogP contribution in [0, 0.1) is 5.82 Å². The van der Waals surface area contributed by atoms with Crippen molar-refractivity contribution in [3.05, 3.63) is 47.8 Å². The molecule has 0 fully saturated rings. The van der Waals surface area contributed by atoms with Crippen molar-refractivity contribution < 1.29 is 19.0 Å². The van der Waals surface area contributed by atoms with Crippen LogP contribution in [0.5, 0.6) is 17.2 Å². The number of anilines is 1. The first-order chi connectivity index (χ1) is 9.63. The first kappa shape index (κ1) is 14.0. The van der Waals surface area contributed by atoms with Gasteiger partial charge in [-0.3, -0.25) is 0 Å². The Balaban J connectivity index is 2.12. The molecule has 2 aromatic carbocycles. The molecule has 0 aliphatic heterocycles. The quantitative estimate of drug-likeness (QED) is 0.881. The average molecular weight is 277 g/mol. The number of phenols is 1. The number of methoxy groups -OCH3 is 2. The van der Waals surface area contributed by atoms with Crippen molar-refractivity contribution in [3.8, 4) is 17.2 Å². The summed E-state index contributed by atoms with van der Waals surface area (Å²) in [7, 11) is 3.12. The molecule has 0 unspecified atom stereocenters. The Morgan fingerprint density at radius 1 is 1.05 bits per heavy atom. The Labute approximate surface area is 116 Å². The molecule has 0 aliphatic rings. The molecular weight excluding hydrogens is 261 g/mol. The van der Waals surface area contributed by atoms with E-state index in [0.717, 1.165) is 5.69 Å². The second-order valence-corrected chi connectivity index (χ2v) is 4.20. The standard InChI is InChI=1S/C15H16FNO3/c1-19-14-6-4-12(8-15(14)20-2)17-9-10-7-11(16)3-5-13(10)18/h3-8,17-18H,9H2,1-2H3. The second kappa shape index (κ2) is 6.14. The van der Waals surface area contributed by atoms with Crippen molar-refractivity contribution in [1.29, 1.82) is 0 Å². The van der Waals surface area contributed by atoms with E-state index < -0.39 is 0 Å². The molecule has 0 aromatic heterocycles. The van der Waals surface area contributed by atoms with E-state index in [-0.39, 0.29) is 11.6 Å². The fourth-order valence-electron chi connectivity index (χ4n) is 1.84. The summed E-state index contributed by atoms with van der Waals surface area (Å²) in [6.45, 7) is 0.305. The van der Waals surface area contributed by atoms with Crippen LogP contribution >= 0.6 is 0 Å². The maximum absolute atomic E-state index is 13.1. The van der Waals surface area contributed by atoms with E-state index in [0.29, 0.717) is 23.6 Å². The first-order valence-electron chi connectivity index (χ1n) is 6.07. The molecule has 2 rings (SSSR count). The van der Waals surface area contributed by atoms with E-state index >= 15 is 0 Å². The van der Waals surface area contributed by atoms with Gasteiger partial charge in [0.1, 0.15) is 11.6 Å². The lowest BCUT2D eigenvalue weighted by atomic mass is 10.2. The van der Waals surface area contributed by atoms with Gasteiger partial charge in [0.05, 0.1) is 14.2 Å². The van der Waals surface area contributed by atoms with Crippen molar-refractivity contribution in [2.75, 3.05) is 19.5 Å². The van der Waals surface area contributed by atoms with Gasteiger partial charge in [0.15, 0.2) is 11.5 Å². The van der Waals surface area contributed by atoms with Gasteiger partial charge >= 0.3 is 0 Å². The highest BCUT2D eigenvalue weighted by atomic mass is 19.1. The van der Waals surface area contributed by atoms with E-state index in [2.05, 4.69) is 5.32 Å². The van der Waals surface area contributed by atoms with Gasteiger partial charge in [-0.2, -0.15) is 0 Å². The maximum Gasteiger partial charge on any atom is 0.162 e. The van der Waals surface area contributed by atoms with E-state index in [4.69, 9.17) is 9.47 Å². The number of hydrogen-bond donors (Lipinski definition) is 2. The molecule has 0 bridgehead atoms. The van der Waals surface area contributed by atoms with Crippen molar-refractivity contribution in [1.82, 2.24) is 0 Å². The number of aromatic hydroxyl groups is 1. The molecule has 0 saturated heterocycles. The van der Waals surface area contributed by atoms with Crippen molar-refractivity contribution in [2.45, 2.75) is 6.54 Å². The number of benzene rings is 2. The van der Waals surface area contributed by atoms with Crippen LogP contribution in [0.2, 0.25) is 0 Å². The molecule has 2 aromatic rings. The van der Waals surface area contributed by atoms with Crippen LogP contribution in [-0.4, -0.2) is 19.3 Å². The largest absolute Gasteiger partial charge is 0.508 e. The van der Waals surface area contributed by atoms with Crippen LogP contribution in [0.3, 0.4) is 0 Å². The summed E-state index contributed by atoms with van der Waals surface area (Å²) < 4.78 is 23.5. The normalized spacial score (nSPS) is 10.2. The molecular formula is C15H16FNO3. The molecule has 0 atom stereocenters. The maximum atomic E-state index is 13.1. The second-order valence-electron chi connectivity index (χ2n) is 4.20. The predicted octanol–water partition coefficient (Wildman–Crippen LogP) is 3.16. The lowest BCUT2D eigenvalue weighted by molar-refractivity contribution is 0.355. The minimum Gasteiger partial charge on any atom is -0.508 e. The van der Waals surface area contributed by atoms with Crippen molar-refractivity contribution >= 4 is 5.69 Å². The molecule has 0 saturated carbocycles. The van der Waals surface area contributed by atoms with Gasteiger partial charge in [-0.15, -0.1) is 0 Å². The number of rotatable bonds is 5. The molecule has 5 heteroatoms. The zero-order valence-corrected chi connectivity index (χ0v) is 11.3. The topological polar surface area (TPSA) is 50.7 Å². The molecule has 0 amide bonds. The summed E-state index contributed by atoms with van der Waals surface area (Å²) in [5, 5.41) is 12.7. The van der Waals surface area contributed by atoms with Crippen LogP contribution < -0.4 is 14.8 Å². The third-order valence-electron chi connectivity index (χ3n) is 2.91. The highest BCUT2D eigenvalue weighted by Gasteiger charge is 2.06. The third-order valence-corrected chi connectivity index (χ3v) is 2.91. The summed E-state index contributed by atoms with van der Waals surface area (Å²) >= 11 is 0. The Kier molecular flexibility index (Phi) is 4.30. The zero-order valence-electron chi connectivity index (χ0n) is 11.3. The molecule has 2 N–H and O–H groups in total. The predicted molar refractivity (Wildman–Crippen MR) is 74.9 cm³/mol. The summed E-state index contributed by atoms with van der Waals surface area (Å²) in [5.41, 5.74) is 1.27. The van der Waals surface area contributed by atoms with E-state index in [9.17, 15) is 9.50 Å². The molecule has 0 aliphatic carbocycles. The Morgan fingerprint density at radius 3 is 2.50 bits per heavy atom. The Morgan fingerprint density at radius 2 is 1.80 bits per heavy atom. The number of ether oxygens (including phenoxy) is 2. The minimum atomic E-state index is -0.382. The fraction of sp³-hybridized carbons (Fsp3) is 0.200. The van der Waals surface area contributed by atoms with Crippen molar-refractivity contribution in [3.63, 3.8) is 0 Å². The van der Waals surface area contributed by atoms with Crippen LogP contribution in [-0.2, 0) is 6.54 Å². The third kappa shape index (κ3) is 3.12. The van der Waals surface area contributed by atoms with Gasteiger partial charge in [-0.05, 0) is 30.3 Å². The van der Waals surface area contributed by atoms with Crippen LogP contribution in [0.15, 0.2) is 36.4 Å². The fourth-order valence-corrected chi connectivity index (χ4v) is 1.84. The summed E-state index contributed by atoms with van der Waals surface area (Å²) in [4.78, 5) is 0. The minimum absolute atomic E-state index is 0.0550. The monoisotopic (exact) mass is 277 g/mol. The molecule has 0 radical (unpaired) electrons. The SMILES string of the molecule is COc1ccc(NCc2cc(F)ccc2O)cc1OC. The lowest BCUT2D eigenvalue weighted by Gasteiger charge is -2.12. The van der Waals surface area contributed by atoms with Gasteiger partial charge in [-0.1, -0.05) is 0 Å². The zero-order chi connectivity index (χ0) is 14.5. The summed E-state index contributed by atoms with van der Waals surface area (Å²) in [6, 6.07) is 9.21. The summed E-state index contributed by atoms with van der Waals surface area (Å²) in [5.74, 6) is 0.902. The van der Waals surface area contributed by atoms with Gasteiger partial charge in [0.25, 0.3) is 0 Å². The Bertz CT molecular complexity index is 602. The van der Waals surface area contributed by atoms with Gasteiger partial charge in [-0.25, -0.2) is 4.39 Å². The highest BCUT2D eigenvalue weighted by Crippen LogP contribution is 2.30. The first-order valence-corrected chi connectivity index (χ1v) is 6.07. The smallest absolute Gasteiger partial charge is 0.162 e. The molecule has 0 spiro atoms. The van der Waals surface area contributed by atoms with Gasteiger partial charge in [0, 0.05) is 23.9 Å². The number of hydrogen-bond acceptors (Lipinski definition) is 4. The number of phenolic OH excluding ortho intramolecular Hbond substituents is 1. The molecule has 106 valence electrons. The molecule has 0 heterocycles. The van der Waals surface area contributed by atoms with E-state index in [1.807, 2.05) is 6.07 Å².